The van der Waals surface area contributed by atoms with Crippen LogP contribution in [-0.4, -0.2) is 35.1 Å². The van der Waals surface area contributed by atoms with Crippen LogP contribution in [0.4, 0.5) is 16.3 Å². The van der Waals surface area contributed by atoms with E-state index >= 15 is 0 Å². The van der Waals surface area contributed by atoms with E-state index in [1.807, 2.05) is 21.7 Å². The van der Waals surface area contributed by atoms with Gasteiger partial charge in [0.25, 0.3) is 5.56 Å². The van der Waals surface area contributed by atoms with E-state index in [9.17, 15) is 9.59 Å². The SMILES string of the molecule is O=C(Nc1ccsc1)NC1CCCN(c2ncc[nH]c2=O)C1. The highest BCUT2D eigenvalue weighted by Crippen LogP contribution is 2.15. The molecule has 3 heterocycles. The molecule has 1 unspecified atom stereocenters. The molecule has 2 aromatic heterocycles. The molecule has 116 valence electrons. The number of anilines is 2. The maximum absolute atomic E-state index is 12.0. The summed E-state index contributed by atoms with van der Waals surface area (Å²) < 4.78 is 0. The lowest BCUT2D eigenvalue weighted by atomic mass is 10.1. The fourth-order valence-electron chi connectivity index (χ4n) is 2.54. The van der Waals surface area contributed by atoms with Crippen molar-refractivity contribution in [2.24, 2.45) is 0 Å². The summed E-state index contributed by atoms with van der Waals surface area (Å²) in [7, 11) is 0. The summed E-state index contributed by atoms with van der Waals surface area (Å²) in [4.78, 5) is 32.4. The molecule has 1 aliphatic heterocycles. The van der Waals surface area contributed by atoms with Gasteiger partial charge in [0.1, 0.15) is 0 Å². The number of thiophene rings is 1. The number of carbonyl (C=O) groups excluding carboxylic acids is 1. The van der Waals surface area contributed by atoms with Crippen LogP contribution in [0, 0.1) is 0 Å². The highest BCUT2D eigenvalue weighted by molar-refractivity contribution is 7.08. The summed E-state index contributed by atoms with van der Waals surface area (Å²) >= 11 is 1.53. The highest BCUT2D eigenvalue weighted by atomic mass is 32.1. The second kappa shape index (κ2) is 6.61. The number of amides is 2. The molecule has 0 saturated carbocycles. The number of rotatable bonds is 3. The van der Waals surface area contributed by atoms with Gasteiger partial charge in [0.05, 0.1) is 5.69 Å². The van der Waals surface area contributed by atoms with Crippen molar-refractivity contribution in [3.8, 4) is 0 Å². The number of nitrogens with one attached hydrogen (secondary N) is 3. The largest absolute Gasteiger partial charge is 0.350 e. The smallest absolute Gasteiger partial charge is 0.319 e. The number of aromatic amines is 1. The van der Waals surface area contributed by atoms with Gasteiger partial charge in [-0.1, -0.05) is 0 Å². The first kappa shape index (κ1) is 14.6. The van der Waals surface area contributed by atoms with Gasteiger partial charge in [0, 0.05) is 36.9 Å². The molecule has 0 bridgehead atoms. The standard InChI is InChI=1S/C14H17N5O2S/c20-13-12(15-4-5-16-13)19-6-1-2-10(8-19)17-14(21)18-11-3-7-22-9-11/h3-5,7,9-10H,1-2,6,8H2,(H,16,20)(H2,17,18,21). The second-order valence-electron chi connectivity index (χ2n) is 5.14. The Morgan fingerprint density at radius 1 is 1.50 bits per heavy atom. The van der Waals surface area contributed by atoms with Gasteiger partial charge in [-0.25, -0.2) is 9.78 Å². The van der Waals surface area contributed by atoms with E-state index < -0.39 is 0 Å². The lowest BCUT2D eigenvalue weighted by Gasteiger charge is -2.33. The number of aromatic nitrogens is 2. The molecule has 22 heavy (non-hydrogen) atoms. The Morgan fingerprint density at radius 2 is 2.41 bits per heavy atom. The van der Waals surface area contributed by atoms with Crippen LogP contribution in [0.5, 0.6) is 0 Å². The molecule has 1 atom stereocenters. The summed E-state index contributed by atoms with van der Waals surface area (Å²) in [5.74, 6) is 0.409. The Labute approximate surface area is 131 Å². The minimum absolute atomic E-state index is 0.00575. The first-order chi connectivity index (χ1) is 10.7. The first-order valence-electron chi connectivity index (χ1n) is 7.11. The van der Waals surface area contributed by atoms with E-state index in [1.165, 1.54) is 17.5 Å². The van der Waals surface area contributed by atoms with Crippen molar-refractivity contribution in [3.05, 3.63) is 39.6 Å². The maximum atomic E-state index is 12.0. The summed E-state index contributed by atoms with van der Waals surface area (Å²) in [6.45, 7) is 1.35. The third kappa shape index (κ3) is 3.45. The van der Waals surface area contributed by atoms with Gasteiger partial charge in [-0.3, -0.25) is 4.79 Å². The topological polar surface area (TPSA) is 90.1 Å². The summed E-state index contributed by atoms with van der Waals surface area (Å²) in [6, 6.07) is 1.62. The van der Waals surface area contributed by atoms with Crippen molar-refractivity contribution in [1.29, 1.82) is 0 Å². The van der Waals surface area contributed by atoms with Gasteiger partial charge >= 0.3 is 6.03 Å². The van der Waals surface area contributed by atoms with Crippen molar-refractivity contribution >= 4 is 28.9 Å². The monoisotopic (exact) mass is 319 g/mol. The molecule has 2 amide bonds. The summed E-state index contributed by atoms with van der Waals surface area (Å²) in [5, 5.41) is 9.53. The summed E-state index contributed by atoms with van der Waals surface area (Å²) in [6.07, 6.45) is 4.87. The Balaban J connectivity index is 1.60. The average Bonchev–Trinajstić information content (AvgIpc) is 3.00. The van der Waals surface area contributed by atoms with Gasteiger partial charge in [-0.05, 0) is 24.3 Å². The van der Waals surface area contributed by atoms with Gasteiger partial charge in [-0.2, -0.15) is 11.3 Å². The molecular formula is C14H17N5O2S. The third-order valence-electron chi connectivity index (χ3n) is 3.52. The number of urea groups is 1. The molecule has 8 heteroatoms. The minimum atomic E-state index is -0.222. The minimum Gasteiger partial charge on any atom is -0.350 e. The highest BCUT2D eigenvalue weighted by Gasteiger charge is 2.23. The van der Waals surface area contributed by atoms with E-state index in [-0.39, 0.29) is 17.6 Å². The molecule has 0 aliphatic carbocycles. The van der Waals surface area contributed by atoms with E-state index in [0.717, 1.165) is 25.1 Å². The van der Waals surface area contributed by atoms with Crippen molar-refractivity contribution in [3.63, 3.8) is 0 Å². The van der Waals surface area contributed by atoms with Crippen LogP contribution in [0.2, 0.25) is 0 Å². The van der Waals surface area contributed by atoms with Crippen LogP contribution in [-0.2, 0) is 0 Å². The van der Waals surface area contributed by atoms with E-state index in [1.54, 1.807) is 6.20 Å². The zero-order chi connectivity index (χ0) is 15.4. The quantitative estimate of drug-likeness (QED) is 0.802. The van der Waals surface area contributed by atoms with Crippen LogP contribution >= 0.6 is 11.3 Å². The fourth-order valence-corrected chi connectivity index (χ4v) is 3.13. The molecule has 1 fully saturated rings. The van der Waals surface area contributed by atoms with E-state index in [4.69, 9.17) is 0 Å². The Bertz CT molecular complexity index is 685. The van der Waals surface area contributed by atoms with Gasteiger partial charge < -0.3 is 20.5 Å². The lowest BCUT2D eigenvalue weighted by molar-refractivity contribution is 0.246. The summed E-state index contributed by atoms with van der Waals surface area (Å²) in [5.41, 5.74) is 0.585. The normalized spacial score (nSPS) is 18.0. The Morgan fingerprint density at radius 3 is 3.18 bits per heavy atom. The fraction of sp³-hybridized carbons (Fsp3) is 0.357. The number of nitrogens with zero attached hydrogens (tertiary/aromatic N) is 2. The van der Waals surface area contributed by atoms with Gasteiger partial charge in [-0.15, -0.1) is 0 Å². The Kier molecular flexibility index (Phi) is 4.38. The Hall–Kier alpha value is -2.35. The number of piperidine rings is 1. The molecule has 1 saturated heterocycles. The molecule has 0 spiro atoms. The predicted octanol–water partition coefficient (Wildman–Crippen LogP) is 1.62. The molecule has 3 rings (SSSR count). The number of hydrogen-bond acceptors (Lipinski definition) is 5. The number of carbonyl (C=O) groups is 1. The molecule has 2 aromatic rings. The van der Waals surface area contributed by atoms with Gasteiger partial charge in [0.15, 0.2) is 5.82 Å². The van der Waals surface area contributed by atoms with Crippen molar-refractivity contribution in [2.45, 2.75) is 18.9 Å². The van der Waals surface area contributed by atoms with Crippen molar-refractivity contribution in [2.75, 3.05) is 23.3 Å². The van der Waals surface area contributed by atoms with E-state index in [2.05, 4.69) is 20.6 Å². The average molecular weight is 319 g/mol. The molecule has 7 nitrogen and oxygen atoms in total. The van der Waals surface area contributed by atoms with Crippen LogP contribution < -0.4 is 21.1 Å². The zero-order valence-corrected chi connectivity index (χ0v) is 12.7. The zero-order valence-electron chi connectivity index (χ0n) is 11.9. The molecule has 0 radical (unpaired) electrons. The third-order valence-corrected chi connectivity index (χ3v) is 4.21. The first-order valence-corrected chi connectivity index (χ1v) is 8.05. The van der Waals surface area contributed by atoms with Crippen LogP contribution in [0.3, 0.4) is 0 Å². The molecular weight excluding hydrogens is 302 g/mol. The molecule has 0 aromatic carbocycles. The van der Waals surface area contributed by atoms with Crippen molar-refractivity contribution < 1.29 is 4.79 Å². The van der Waals surface area contributed by atoms with Crippen LogP contribution in [0.1, 0.15) is 12.8 Å². The van der Waals surface area contributed by atoms with Crippen LogP contribution in [0.15, 0.2) is 34.0 Å². The number of H-pyrrole nitrogens is 1. The molecule has 3 N–H and O–H groups in total. The van der Waals surface area contributed by atoms with Crippen molar-refractivity contribution in [1.82, 2.24) is 15.3 Å². The van der Waals surface area contributed by atoms with E-state index in [0.29, 0.717) is 12.4 Å². The maximum Gasteiger partial charge on any atom is 0.319 e. The van der Waals surface area contributed by atoms with Gasteiger partial charge in [0.2, 0.25) is 0 Å². The lowest BCUT2D eigenvalue weighted by Crippen LogP contribution is -2.50. The second-order valence-corrected chi connectivity index (χ2v) is 5.92. The predicted molar refractivity (Wildman–Crippen MR) is 86.6 cm³/mol. The molecule has 1 aliphatic rings. The van der Waals surface area contributed by atoms with Crippen LogP contribution in [0.25, 0.3) is 0 Å². The number of hydrogen-bond donors (Lipinski definition) is 3.